The van der Waals surface area contributed by atoms with Gasteiger partial charge in [-0.2, -0.15) is 5.10 Å². The number of anilines is 2. The molecule has 2 aromatic rings. The van der Waals surface area contributed by atoms with Crippen LogP contribution in [0.5, 0.6) is 0 Å². The van der Waals surface area contributed by atoms with Crippen molar-refractivity contribution in [3.8, 4) is 0 Å². The lowest BCUT2D eigenvalue weighted by molar-refractivity contribution is -0.117. The van der Waals surface area contributed by atoms with Gasteiger partial charge in [0.2, 0.25) is 5.91 Å². The topological polar surface area (TPSA) is 56.7 Å². The van der Waals surface area contributed by atoms with Gasteiger partial charge in [-0.25, -0.2) is 4.39 Å². The van der Waals surface area contributed by atoms with Gasteiger partial charge < -0.3 is 10.2 Å². The molecule has 134 valence electrons. The SMILES string of the molecule is C/C(=N/NC(=S)Nc1ccc(F)cc1)c1ccc(N2CCCC2=O)cc1. The smallest absolute Gasteiger partial charge is 0.227 e. The summed E-state index contributed by atoms with van der Waals surface area (Å²) in [7, 11) is 0. The summed E-state index contributed by atoms with van der Waals surface area (Å²) in [5.41, 5.74) is 6.04. The number of halogens is 1. The van der Waals surface area contributed by atoms with Crippen LogP contribution in [0, 0.1) is 5.82 Å². The average Bonchev–Trinajstić information content (AvgIpc) is 3.08. The fourth-order valence-corrected chi connectivity index (χ4v) is 2.86. The standard InChI is InChI=1S/C19H19FN4OS/c1-13(22-23-19(26)21-16-8-6-15(20)7-9-16)14-4-10-17(11-5-14)24-12-2-3-18(24)25/h4-11H,2-3,12H2,1H3,(H2,21,23,26)/b22-13-. The molecule has 0 atom stereocenters. The third-order valence-corrected chi connectivity index (χ3v) is 4.29. The summed E-state index contributed by atoms with van der Waals surface area (Å²) in [5, 5.41) is 7.50. The minimum absolute atomic E-state index is 0.169. The van der Waals surface area contributed by atoms with Gasteiger partial charge in [-0.3, -0.25) is 10.2 Å². The van der Waals surface area contributed by atoms with Crippen molar-refractivity contribution < 1.29 is 9.18 Å². The highest BCUT2D eigenvalue weighted by atomic mass is 32.1. The number of benzene rings is 2. The molecule has 0 aromatic heterocycles. The number of nitrogens with one attached hydrogen (secondary N) is 2. The summed E-state index contributed by atoms with van der Waals surface area (Å²) in [4.78, 5) is 13.6. The molecule has 0 saturated carbocycles. The molecule has 0 bridgehead atoms. The molecule has 2 N–H and O–H groups in total. The van der Waals surface area contributed by atoms with Crippen LogP contribution in [0.3, 0.4) is 0 Å². The van der Waals surface area contributed by atoms with Crippen LogP contribution in [0.25, 0.3) is 0 Å². The number of hydrazone groups is 1. The molecule has 26 heavy (non-hydrogen) atoms. The van der Waals surface area contributed by atoms with Gasteiger partial charge in [-0.1, -0.05) is 12.1 Å². The van der Waals surface area contributed by atoms with E-state index in [9.17, 15) is 9.18 Å². The van der Waals surface area contributed by atoms with Gasteiger partial charge in [0.05, 0.1) is 5.71 Å². The molecule has 5 nitrogen and oxygen atoms in total. The minimum atomic E-state index is -0.303. The Bertz CT molecular complexity index is 834. The van der Waals surface area contributed by atoms with Crippen LogP contribution in [0.1, 0.15) is 25.3 Å². The second-order valence-corrected chi connectivity index (χ2v) is 6.37. The highest BCUT2D eigenvalue weighted by Gasteiger charge is 2.21. The lowest BCUT2D eigenvalue weighted by atomic mass is 10.1. The second kappa shape index (κ2) is 8.05. The van der Waals surface area contributed by atoms with Crippen LogP contribution in [-0.2, 0) is 4.79 Å². The van der Waals surface area contributed by atoms with E-state index in [0.717, 1.165) is 29.9 Å². The lowest BCUT2D eigenvalue weighted by Crippen LogP contribution is -2.25. The molecule has 0 radical (unpaired) electrons. The first kappa shape index (κ1) is 18.0. The summed E-state index contributed by atoms with van der Waals surface area (Å²) >= 11 is 5.18. The Morgan fingerprint density at radius 2 is 1.85 bits per heavy atom. The summed E-state index contributed by atoms with van der Waals surface area (Å²) in [5.74, 6) is -0.135. The van der Waals surface area contributed by atoms with E-state index >= 15 is 0 Å². The number of nitrogens with zero attached hydrogens (tertiary/aromatic N) is 2. The first-order chi connectivity index (χ1) is 12.5. The zero-order valence-corrected chi connectivity index (χ0v) is 15.1. The minimum Gasteiger partial charge on any atom is -0.331 e. The van der Waals surface area contributed by atoms with Gasteiger partial charge in [-0.05, 0) is 67.5 Å². The molecule has 1 heterocycles. The molecule has 0 aliphatic carbocycles. The van der Waals surface area contributed by atoms with Crippen molar-refractivity contribution in [1.82, 2.24) is 5.43 Å². The number of hydrogen-bond donors (Lipinski definition) is 2. The normalized spacial score (nSPS) is 14.5. The second-order valence-electron chi connectivity index (χ2n) is 5.97. The fourth-order valence-electron chi connectivity index (χ4n) is 2.70. The third-order valence-electron chi connectivity index (χ3n) is 4.10. The van der Waals surface area contributed by atoms with E-state index in [0.29, 0.717) is 17.2 Å². The van der Waals surface area contributed by atoms with Crippen LogP contribution in [-0.4, -0.2) is 23.3 Å². The zero-order chi connectivity index (χ0) is 18.5. The Kier molecular flexibility index (Phi) is 5.58. The number of carbonyl (C=O) groups is 1. The number of thiocarbonyl (C=S) groups is 1. The van der Waals surface area contributed by atoms with Crippen LogP contribution in [0.15, 0.2) is 53.6 Å². The molecular weight excluding hydrogens is 351 g/mol. The number of hydrogen-bond acceptors (Lipinski definition) is 3. The Morgan fingerprint density at radius 1 is 1.15 bits per heavy atom. The predicted molar refractivity (Wildman–Crippen MR) is 106 cm³/mol. The summed E-state index contributed by atoms with van der Waals surface area (Å²) in [6, 6.07) is 13.6. The molecule has 1 amide bonds. The molecular formula is C19H19FN4OS. The van der Waals surface area contributed by atoms with E-state index in [-0.39, 0.29) is 11.7 Å². The van der Waals surface area contributed by atoms with Crippen LogP contribution in [0.2, 0.25) is 0 Å². The first-order valence-electron chi connectivity index (χ1n) is 8.30. The number of amides is 1. The van der Waals surface area contributed by atoms with E-state index in [2.05, 4.69) is 15.8 Å². The Morgan fingerprint density at radius 3 is 2.46 bits per heavy atom. The van der Waals surface area contributed by atoms with Gasteiger partial charge in [0.15, 0.2) is 5.11 Å². The molecule has 0 unspecified atom stereocenters. The highest BCUT2D eigenvalue weighted by Crippen LogP contribution is 2.21. The Hall–Kier alpha value is -2.80. The zero-order valence-electron chi connectivity index (χ0n) is 14.3. The van der Waals surface area contributed by atoms with Crippen molar-refractivity contribution in [3.63, 3.8) is 0 Å². The molecule has 0 spiro atoms. The average molecular weight is 370 g/mol. The lowest BCUT2D eigenvalue weighted by Gasteiger charge is -2.16. The van der Waals surface area contributed by atoms with Gasteiger partial charge in [0.1, 0.15) is 5.82 Å². The summed E-state index contributed by atoms with van der Waals surface area (Å²) < 4.78 is 12.9. The van der Waals surface area contributed by atoms with E-state index in [1.807, 2.05) is 31.2 Å². The molecule has 3 rings (SSSR count). The first-order valence-corrected chi connectivity index (χ1v) is 8.71. The molecule has 1 aliphatic heterocycles. The fraction of sp³-hybridized carbons (Fsp3) is 0.211. The van der Waals surface area contributed by atoms with Crippen molar-refractivity contribution in [2.24, 2.45) is 5.10 Å². The maximum absolute atomic E-state index is 12.9. The highest BCUT2D eigenvalue weighted by molar-refractivity contribution is 7.80. The third kappa shape index (κ3) is 4.43. The van der Waals surface area contributed by atoms with Gasteiger partial charge in [-0.15, -0.1) is 0 Å². The van der Waals surface area contributed by atoms with Crippen molar-refractivity contribution in [2.75, 3.05) is 16.8 Å². The van der Waals surface area contributed by atoms with E-state index < -0.39 is 0 Å². The maximum Gasteiger partial charge on any atom is 0.227 e. The molecule has 7 heteroatoms. The van der Waals surface area contributed by atoms with Crippen LogP contribution >= 0.6 is 12.2 Å². The number of carbonyl (C=O) groups excluding carboxylic acids is 1. The predicted octanol–water partition coefficient (Wildman–Crippen LogP) is 3.66. The van der Waals surface area contributed by atoms with Crippen LogP contribution in [0.4, 0.5) is 15.8 Å². The largest absolute Gasteiger partial charge is 0.331 e. The van der Waals surface area contributed by atoms with E-state index in [1.165, 1.54) is 12.1 Å². The van der Waals surface area contributed by atoms with Gasteiger partial charge in [0, 0.05) is 24.3 Å². The van der Waals surface area contributed by atoms with Crippen molar-refractivity contribution in [3.05, 3.63) is 59.9 Å². The summed E-state index contributed by atoms with van der Waals surface area (Å²) in [6.07, 6.45) is 1.52. The van der Waals surface area contributed by atoms with E-state index in [4.69, 9.17) is 12.2 Å². The van der Waals surface area contributed by atoms with E-state index in [1.54, 1.807) is 17.0 Å². The Labute approximate surface area is 156 Å². The van der Waals surface area contributed by atoms with Crippen molar-refractivity contribution >= 4 is 40.3 Å². The molecule has 1 aliphatic rings. The van der Waals surface area contributed by atoms with Crippen molar-refractivity contribution in [2.45, 2.75) is 19.8 Å². The quantitative estimate of drug-likeness (QED) is 0.490. The van der Waals surface area contributed by atoms with Gasteiger partial charge in [0.25, 0.3) is 0 Å². The summed E-state index contributed by atoms with van der Waals surface area (Å²) in [6.45, 7) is 2.64. The molecule has 2 aromatic carbocycles. The Balaban J connectivity index is 1.59. The van der Waals surface area contributed by atoms with Gasteiger partial charge >= 0.3 is 0 Å². The number of rotatable bonds is 4. The van der Waals surface area contributed by atoms with Crippen LogP contribution < -0.4 is 15.6 Å². The molecule has 1 fully saturated rings. The van der Waals surface area contributed by atoms with Crippen molar-refractivity contribution in [1.29, 1.82) is 0 Å². The monoisotopic (exact) mass is 370 g/mol. The maximum atomic E-state index is 12.9. The molecule has 1 saturated heterocycles.